The number of hydrogen-bond donors (Lipinski definition) is 0. The van der Waals surface area contributed by atoms with Gasteiger partial charge >= 0.3 is 0 Å². The van der Waals surface area contributed by atoms with E-state index in [1.807, 2.05) is 0 Å². The van der Waals surface area contributed by atoms with Crippen molar-refractivity contribution in [1.82, 2.24) is 4.98 Å². The van der Waals surface area contributed by atoms with Crippen LogP contribution < -0.4 is 13.8 Å². The van der Waals surface area contributed by atoms with Crippen molar-refractivity contribution in [2.24, 2.45) is 0 Å². The highest BCUT2D eigenvalue weighted by Crippen LogP contribution is 2.35. The Morgan fingerprint density at radius 2 is 1.97 bits per heavy atom. The predicted molar refractivity (Wildman–Crippen MR) is 115 cm³/mol. The molecule has 0 radical (unpaired) electrons. The van der Waals surface area contributed by atoms with Crippen LogP contribution >= 0.6 is 22.9 Å². The van der Waals surface area contributed by atoms with Crippen LogP contribution in [0.25, 0.3) is 0 Å². The van der Waals surface area contributed by atoms with Gasteiger partial charge in [-0.1, -0.05) is 29.5 Å². The molecule has 0 aliphatic rings. The topological polar surface area (TPSA) is 68.7 Å². The first-order valence-electron chi connectivity index (χ1n) is 8.44. The summed E-state index contributed by atoms with van der Waals surface area (Å²) in [5.41, 5.74) is 0.369. The third-order valence-corrected chi connectivity index (χ3v) is 7.00. The van der Waals surface area contributed by atoms with Gasteiger partial charge in [0.15, 0.2) is 11.7 Å². The number of benzene rings is 1. The Hall–Kier alpha value is -2.50. The summed E-state index contributed by atoms with van der Waals surface area (Å²) in [5.74, 6) is -3.70. The van der Waals surface area contributed by atoms with Crippen LogP contribution in [0.5, 0.6) is 11.5 Å². The van der Waals surface area contributed by atoms with Crippen LogP contribution in [-0.4, -0.2) is 27.6 Å². The molecule has 0 saturated carbocycles. The average Bonchev–Trinajstić information content (AvgIpc) is 3.14. The minimum absolute atomic E-state index is 0.116. The molecular weight excluding hydrogens is 477 g/mol. The van der Waals surface area contributed by atoms with Crippen LogP contribution in [0.4, 0.5) is 18.3 Å². The van der Waals surface area contributed by atoms with E-state index in [9.17, 15) is 21.6 Å². The van der Waals surface area contributed by atoms with Gasteiger partial charge in [0.05, 0.1) is 27.0 Å². The maximum absolute atomic E-state index is 14.2. The second kappa shape index (κ2) is 10.2. The Bertz CT molecular complexity index is 1140. The third kappa shape index (κ3) is 5.81. The Labute approximate surface area is 186 Å². The summed E-state index contributed by atoms with van der Waals surface area (Å²) in [4.78, 5) is 2.85. The molecule has 12 heteroatoms. The maximum atomic E-state index is 14.2. The largest absolute Gasteiger partial charge is 0.497 e. The molecule has 0 N–H and O–H groups in total. The van der Waals surface area contributed by atoms with E-state index in [0.29, 0.717) is 11.3 Å². The summed E-state index contributed by atoms with van der Waals surface area (Å²) in [6, 6.07) is 4.64. The molecule has 31 heavy (non-hydrogen) atoms. The summed E-state index contributed by atoms with van der Waals surface area (Å²) in [6.07, 6.45) is 1.43. The van der Waals surface area contributed by atoms with Crippen molar-refractivity contribution in [3.8, 4) is 11.5 Å². The first-order chi connectivity index (χ1) is 14.5. The first-order valence-corrected chi connectivity index (χ1v) is 11.1. The van der Waals surface area contributed by atoms with E-state index in [1.54, 1.807) is 12.1 Å². The van der Waals surface area contributed by atoms with Gasteiger partial charge in [-0.15, -0.1) is 0 Å². The molecule has 6 nitrogen and oxygen atoms in total. The molecule has 0 saturated heterocycles. The van der Waals surface area contributed by atoms with Crippen LogP contribution in [0.15, 0.2) is 59.4 Å². The smallest absolute Gasteiger partial charge is 0.269 e. The van der Waals surface area contributed by atoms with Crippen LogP contribution in [0.3, 0.4) is 0 Å². The Morgan fingerprint density at radius 1 is 1.29 bits per heavy atom. The molecule has 0 atom stereocenters. The predicted octanol–water partition coefficient (Wildman–Crippen LogP) is 5.69. The lowest BCUT2D eigenvalue weighted by atomic mass is 10.2. The maximum Gasteiger partial charge on any atom is 0.269 e. The first kappa shape index (κ1) is 24.8. The number of sulfonamides is 1. The summed E-state index contributed by atoms with van der Waals surface area (Å²) in [5, 5.41) is -0.116. The van der Waals surface area contributed by atoms with Gasteiger partial charge < -0.3 is 9.47 Å². The third-order valence-electron chi connectivity index (χ3n) is 3.91. The number of nitrogens with zero attached hydrogens (tertiary/aromatic N) is 2. The van der Waals surface area contributed by atoms with Crippen LogP contribution in [0.1, 0.15) is 12.5 Å². The van der Waals surface area contributed by atoms with E-state index in [4.69, 9.17) is 21.1 Å². The number of anilines is 1. The van der Waals surface area contributed by atoms with Gasteiger partial charge in [0, 0.05) is 11.6 Å². The van der Waals surface area contributed by atoms with Gasteiger partial charge in [-0.3, -0.25) is 0 Å². The van der Waals surface area contributed by atoms with E-state index in [1.165, 1.54) is 26.5 Å². The summed E-state index contributed by atoms with van der Waals surface area (Å²) in [6.45, 7) is 3.17. The number of halogens is 4. The summed E-state index contributed by atoms with van der Waals surface area (Å²) >= 11 is 6.70. The molecular formula is C19H18ClF3N2O4S2. The van der Waals surface area contributed by atoms with Crippen molar-refractivity contribution >= 4 is 38.1 Å². The second-order valence-corrected chi connectivity index (χ2v) is 9.40. The normalized spacial score (nSPS) is 12.9. The molecule has 1 aromatic carbocycles. The lowest BCUT2D eigenvalue weighted by Crippen LogP contribution is -2.31. The zero-order chi connectivity index (χ0) is 23.3. The molecule has 2 aromatic rings. The second-order valence-electron chi connectivity index (χ2n) is 5.93. The Kier molecular flexibility index (Phi) is 8.15. The standard InChI is InChI=1S/C19H18ClF3N2O4S2/c1-11(21)15(23)8-17(12(2)22)31(26,27)25(19-24-9-18(20)30-19)10-13-5-6-14(28-3)7-16(13)29-4/h5-9H,1,10H2,2-4H3. The van der Waals surface area contributed by atoms with Crippen molar-refractivity contribution in [2.75, 3.05) is 18.5 Å². The van der Waals surface area contributed by atoms with Crippen molar-refractivity contribution in [1.29, 1.82) is 0 Å². The number of rotatable bonds is 9. The van der Waals surface area contributed by atoms with Crippen molar-refractivity contribution in [3.63, 3.8) is 0 Å². The molecule has 0 unspecified atom stereocenters. The lowest BCUT2D eigenvalue weighted by Gasteiger charge is -2.23. The summed E-state index contributed by atoms with van der Waals surface area (Å²) < 4.78 is 78.9. The molecule has 0 aliphatic carbocycles. The van der Waals surface area contributed by atoms with Crippen LogP contribution in [-0.2, 0) is 16.6 Å². The van der Waals surface area contributed by atoms with Gasteiger partial charge in [-0.05, 0) is 25.1 Å². The van der Waals surface area contributed by atoms with Crippen LogP contribution in [0, 0.1) is 0 Å². The van der Waals surface area contributed by atoms with Gasteiger partial charge in [-0.2, -0.15) is 0 Å². The highest BCUT2D eigenvalue weighted by molar-refractivity contribution is 7.97. The quantitative estimate of drug-likeness (QED) is 0.419. The molecule has 1 heterocycles. The number of thiazole rings is 1. The van der Waals surface area contributed by atoms with E-state index < -0.39 is 32.4 Å². The molecule has 2 rings (SSSR count). The molecule has 0 bridgehead atoms. The minimum Gasteiger partial charge on any atom is -0.497 e. The fourth-order valence-corrected chi connectivity index (χ4v) is 5.04. The number of methoxy groups -OCH3 is 2. The van der Waals surface area contributed by atoms with E-state index in [0.717, 1.165) is 22.6 Å². The fourth-order valence-electron chi connectivity index (χ4n) is 2.42. The van der Waals surface area contributed by atoms with E-state index >= 15 is 0 Å². The zero-order valence-electron chi connectivity index (χ0n) is 16.7. The lowest BCUT2D eigenvalue weighted by molar-refractivity contribution is 0.391. The van der Waals surface area contributed by atoms with Crippen molar-refractivity contribution < 1.29 is 31.1 Å². The average molecular weight is 495 g/mol. The van der Waals surface area contributed by atoms with Crippen molar-refractivity contribution in [2.45, 2.75) is 13.5 Å². The number of allylic oxidation sites excluding steroid dienone is 4. The molecule has 0 amide bonds. The number of hydrogen-bond acceptors (Lipinski definition) is 6. The molecule has 0 spiro atoms. The van der Waals surface area contributed by atoms with Gasteiger partial charge in [-0.25, -0.2) is 30.9 Å². The molecule has 1 aromatic heterocycles. The minimum atomic E-state index is -4.75. The van der Waals surface area contributed by atoms with Crippen molar-refractivity contribution in [3.05, 3.63) is 69.3 Å². The SMILES string of the molecule is C=C(F)C(F)=CC(=C(C)F)S(=O)(=O)N(Cc1ccc(OC)cc1OC)c1ncc(Cl)s1. The van der Waals surface area contributed by atoms with E-state index in [-0.39, 0.29) is 27.8 Å². The highest BCUT2D eigenvalue weighted by Gasteiger charge is 2.32. The molecule has 168 valence electrons. The van der Waals surface area contributed by atoms with Gasteiger partial charge in [0.2, 0.25) is 5.13 Å². The van der Waals surface area contributed by atoms with Gasteiger partial charge in [0.25, 0.3) is 10.0 Å². The number of ether oxygens (including phenoxy) is 2. The zero-order valence-corrected chi connectivity index (χ0v) is 19.0. The monoisotopic (exact) mass is 494 g/mol. The molecule has 0 fully saturated rings. The van der Waals surface area contributed by atoms with Gasteiger partial charge in [0.1, 0.15) is 26.6 Å². The Morgan fingerprint density at radius 3 is 2.45 bits per heavy atom. The fraction of sp³-hybridized carbons (Fsp3) is 0.211. The van der Waals surface area contributed by atoms with E-state index in [2.05, 4.69) is 11.6 Å². The number of aromatic nitrogens is 1. The highest BCUT2D eigenvalue weighted by atomic mass is 35.5. The summed E-state index contributed by atoms with van der Waals surface area (Å²) in [7, 11) is -1.93. The molecule has 0 aliphatic heterocycles. The van der Waals surface area contributed by atoms with Crippen LogP contribution in [0.2, 0.25) is 4.34 Å². The Balaban J connectivity index is 2.66.